The Balaban J connectivity index is 1.80. The molecule has 1 heterocycles. The van der Waals surface area contributed by atoms with E-state index in [1.165, 1.54) is 0 Å². The van der Waals surface area contributed by atoms with E-state index >= 15 is 0 Å². The molecule has 0 radical (unpaired) electrons. The number of nitrogens with two attached hydrogens (primary N) is 1. The Morgan fingerprint density at radius 2 is 2.10 bits per heavy atom. The van der Waals surface area contributed by atoms with Gasteiger partial charge in [-0.05, 0) is 18.4 Å². The summed E-state index contributed by atoms with van der Waals surface area (Å²) >= 11 is 0. The SMILES string of the molecule is NCC(=O)N[C@@H]1CCCN(C(=O)OCc2ccccc2)C1. The fourth-order valence-corrected chi connectivity index (χ4v) is 2.36. The molecule has 1 atom stereocenters. The third-order valence-corrected chi connectivity index (χ3v) is 3.44. The topological polar surface area (TPSA) is 84.7 Å². The number of carbonyl (C=O) groups is 2. The van der Waals surface area contributed by atoms with E-state index in [4.69, 9.17) is 10.5 Å². The van der Waals surface area contributed by atoms with Crippen molar-refractivity contribution < 1.29 is 14.3 Å². The summed E-state index contributed by atoms with van der Waals surface area (Å²) in [6.45, 7) is 1.35. The Bertz CT molecular complexity index is 478. The number of nitrogens with zero attached hydrogens (tertiary/aromatic N) is 1. The number of hydrogen-bond acceptors (Lipinski definition) is 4. The number of ether oxygens (including phenoxy) is 1. The second kappa shape index (κ2) is 7.64. The van der Waals surface area contributed by atoms with Crippen molar-refractivity contribution in [1.82, 2.24) is 10.2 Å². The van der Waals surface area contributed by atoms with Crippen LogP contribution in [0.3, 0.4) is 0 Å². The minimum atomic E-state index is -0.342. The van der Waals surface area contributed by atoms with Gasteiger partial charge in [-0.2, -0.15) is 0 Å². The summed E-state index contributed by atoms with van der Waals surface area (Å²) in [5.41, 5.74) is 6.23. The van der Waals surface area contributed by atoms with Crippen molar-refractivity contribution in [2.75, 3.05) is 19.6 Å². The van der Waals surface area contributed by atoms with E-state index in [9.17, 15) is 9.59 Å². The zero-order valence-electron chi connectivity index (χ0n) is 12.0. The van der Waals surface area contributed by atoms with Crippen molar-refractivity contribution in [3.63, 3.8) is 0 Å². The van der Waals surface area contributed by atoms with E-state index in [-0.39, 0.29) is 31.2 Å². The van der Waals surface area contributed by atoms with Crippen LogP contribution in [0.15, 0.2) is 30.3 Å². The lowest BCUT2D eigenvalue weighted by molar-refractivity contribution is -0.120. The lowest BCUT2D eigenvalue weighted by Crippen LogP contribution is -2.50. The highest BCUT2D eigenvalue weighted by Gasteiger charge is 2.25. The Morgan fingerprint density at radius 3 is 2.81 bits per heavy atom. The lowest BCUT2D eigenvalue weighted by atomic mass is 10.1. The molecule has 1 aromatic carbocycles. The van der Waals surface area contributed by atoms with Crippen LogP contribution in [0.1, 0.15) is 18.4 Å². The fraction of sp³-hybridized carbons (Fsp3) is 0.467. The first kappa shape index (κ1) is 15.3. The van der Waals surface area contributed by atoms with Crippen LogP contribution in [0, 0.1) is 0 Å². The smallest absolute Gasteiger partial charge is 0.410 e. The van der Waals surface area contributed by atoms with E-state index in [0.717, 1.165) is 18.4 Å². The summed E-state index contributed by atoms with van der Waals surface area (Å²) < 4.78 is 5.30. The third-order valence-electron chi connectivity index (χ3n) is 3.44. The summed E-state index contributed by atoms with van der Waals surface area (Å²) in [7, 11) is 0. The Kier molecular flexibility index (Phi) is 5.57. The molecule has 0 saturated carbocycles. The van der Waals surface area contributed by atoms with Gasteiger partial charge in [-0.1, -0.05) is 30.3 Å². The van der Waals surface area contributed by atoms with Gasteiger partial charge in [0.15, 0.2) is 0 Å². The molecule has 1 aliphatic heterocycles. The second-order valence-electron chi connectivity index (χ2n) is 5.10. The highest BCUT2D eigenvalue weighted by molar-refractivity contribution is 5.78. The van der Waals surface area contributed by atoms with Crippen LogP contribution in [0.5, 0.6) is 0 Å². The van der Waals surface area contributed by atoms with Crippen molar-refractivity contribution >= 4 is 12.0 Å². The molecule has 1 saturated heterocycles. The molecule has 1 aromatic rings. The van der Waals surface area contributed by atoms with Crippen LogP contribution in [0.4, 0.5) is 4.79 Å². The normalized spacial score (nSPS) is 18.1. The molecule has 0 bridgehead atoms. The Hall–Kier alpha value is -2.08. The summed E-state index contributed by atoms with van der Waals surface area (Å²) in [6, 6.07) is 9.51. The predicted molar refractivity (Wildman–Crippen MR) is 78.4 cm³/mol. The molecule has 1 fully saturated rings. The zero-order chi connectivity index (χ0) is 15.1. The molecule has 21 heavy (non-hydrogen) atoms. The zero-order valence-corrected chi connectivity index (χ0v) is 12.0. The van der Waals surface area contributed by atoms with Crippen molar-refractivity contribution in [3.05, 3.63) is 35.9 Å². The number of carbonyl (C=O) groups excluding carboxylic acids is 2. The molecule has 0 aromatic heterocycles. The molecule has 3 N–H and O–H groups in total. The third kappa shape index (κ3) is 4.75. The predicted octanol–water partition coefficient (Wildman–Crippen LogP) is 0.862. The Morgan fingerprint density at radius 1 is 1.33 bits per heavy atom. The lowest BCUT2D eigenvalue weighted by Gasteiger charge is -2.32. The molecule has 0 aliphatic carbocycles. The summed E-state index contributed by atoms with van der Waals surface area (Å²) in [6.07, 6.45) is 1.36. The molecular weight excluding hydrogens is 270 g/mol. The van der Waals surface area contributed by atoms with Gasteiger partial charge in [0.2, 0.25) is 5.91 Å². The van der Waals surface area contributed by atoms with Crippen LogP contribution in [-0.2, 0) is 16.1 Å². The van der Waals surface area contributed by atoms with E-state index in [1.54, 1.807) is 4.90 Å². The minimum absolute atomic E-state index is 0.0328. The highest BCUT2D eigenvalue weighted by Crippen LogP contribution is 2.12. The standard InChI is InChI=1S/C15H21N3O3/c16-9-14(19)17-13-7-4-8-18(10-13)15(20)21-11-12-5-2-1-3-6-12/h1-3,5-6,13H,4,7-11,16H2,(H,17,19)/t13-/m1/s1. The maximum absolute atomic E-state index is 12.0. The maximum atomic E-state index is 12.0. The molecular formula is C15H21N3O3. The van der Waals surface area contributed by atoms with Gasteiger partial charge in [-0.15, -0.1) is 0 Å². The number of hydrogen-bond donors (Lipinski definition) is 2. The molecule has 0 unspecified atom stereocenters. The van der Waals surface area contributed by atoms with E-state index in [1.807, 2.05) is 30.3 Å². The van der Waals surface area contributed by atoms with E-state index < -0.39 is 0 Å². The molecule has 2 rings (SSSR count). The number of piperidine rings is 1. The van der Waals surface area contributed by atoms with Crippen molar-refractivity contribution in [3.8, 4) is 0 Å². The van der Waals surface area contributed by atoms with Crippen molar-refractivity contribution in [1.29, 1.82) is 0 Å². The molecule has 6 heteroatoms. The average Bonchev–Trinajstić information content (AvgIpc) is 2.53. The van der Waals surface area contributed by atoms with E-state index in [2.05, 4.69) is 5.32 Å². The molecule has 0 spiro atoms. The van der Waals surface area contributed by atoms with Gasteiger partial charge < -0.3 is 20.7 Å². The quantitative estimate of drug-likeness (QED) is 0.862. The van der Waals surface area contributed by atoms with E-state index in [0.29, 0.717) is 13.1 Å². The van der Waals surface area contributed by atoms with Crippen LogP contribution in [0.25, 0.3) is 0 Å². The summed E-state index contributed by atoms with van der Waals surface area (Å²) in [4.78, 5) is 25.0. The summed E-state index contributed by atoms with van der Waals surface area (Å²) in [5.74, 6) is -0.195. The molecule has 1 aliphatic rings. The first-order valence-electron chi connectivity index (χ1n) is 7.14. The van der Waals surface area contributed by atoms with Crippen LogP contribution >= 0.6 is 0 Å². The Labute approximate surface area is 124 Å². The van der Waals surface area contributed by atoms with Gasteiger partial charge in [-0.25, -0.2) is 4.79 Å². The van der Waals surface area contributed by atoms with Crippen LogP contribution < -0.4 is 11.1 Å². The number of amides is 2. The number of rotatable bonds is 4. The van der Waals surface area contributed by atoms with Gasteiger partial charge in [0, 0.05) is 19.1 Å². The number of nitrogens with one attached hydrogen (secondary N) is 1. The van der Waals surface area contributed by atoms with Crippen LogP contribution in [0.2, 0.25) is 0 Å². The number of benzene rings is 1. The highest BCUT2D eigenvalue weighted by atomic mass is 16.6. The largest absolute Gasteiger partial charge is 0.445 e. The first-order chi connectivity index (χ1) is 10.2. The molecule has 114 valence electrons. The number of likely N-dealkylation sites (tertiary alicyclic amines) is 1. The van der Waals surface area contributed by atoms with Gasteiger partial charge in [0.25, 0.3) is 0 Å². The maximum Gasteiger partial charge on any atom is 0.410 e. The first-order valence-corrected chi connectivity index (χ1v) is 7.14. The monoisotopic (exact) mass is 291 g/mol. The fourth-order valence-electron chi connectivity index (χ4n) is 2.36. The van der Waals surface area contributed by atoms with Crippen molar-refractivity contribution in [2.24, 2.45) is 5.73 Å². The van der Waals surface area contributed by atoms with Crippen molar-refractivity contribution in [2.45, 2.75) is 25.5 Å². The summed E-state index contributed by atoms with van der Waals surface area (Å²) in [5, 5.41) is 2.81. The second-order valence-corrected chi connectivity index (χ2v) is 5.10. The van der Waals surface area contributed by atoms with Crippen LogP contribution in [-0.4, -0.2) is 42.6 Å². The van der Waals surface area contributed by atoms with Gasteiger partial charge in [0.1, 0.15) is 6.61 Å². The van der Waals surface area contributed by atoms with Gasteiger partial charge in [-0.3, -0.25) is 4.79 Å². The van der Waals surface area contributed by atoms with Gasteiger partial charge in [0.05, 0.1) is 6.54 Å². The molecule has 2 amide bonds. The van der Waals surface area contributed by atoms with Gasteiger partial charge >= 0.3 is 6.09 Å². The minimum Gasteiger partial charge on any atom is -0.445 e. The molecule has 6 nitrogen and oxygen atoms in total. The average molecular weight is 291 g/mol.